The number of amides is 1. The highest BCUT2D eigenvalue weighted by Gasteiger charge is 2.19. The summed E-state index contributed by atoms with van der Waals surface area (Å²) in [5.41, 5.74) is 3.51. The van der Waals surface area contributed by atoms with Gasteiger partial charge in [0.25, 0.3) is 5.91 Å². The van der Waals surface area contributed by atoms with E-state index in [0.29, 0.717) is 11.4 Å². The third-order valence-electron chi connectivity index (χ3n) is 3.84. The van der Waals surface area contributed by atoms with Crippen molar-refractivity contribution in [2.75, 3.05) is 12.4 Å². The molecule has 0 aliphatic carbocycles. The monoisotopic (exact) mass is 341 g/mol. The molecule has 2 aromatic rings. The van der Waals surface area contributed by atoms with Gasteiger partial charge in [0, 0.05) is 11.3 Å². The average molecular weight is 341 g/mol. The Morgan fingerprint density at radius 1 is 1.12 bits per heavy atom. The first-order valence-corrected chi connectivity index (χ1v) is 8.10. The average Bonchev–Trinajstić information content (AvgIpc) is 2.57. The van der Waals surface area contributed by atoms with Gasteiger partial charge in [0.05, 0.1) is 13.5 Å². The van der Waals surface area contributed by atoms with Crippen molar-refractivity contribution in [1.29, 1.82) is 0 Å². The summed E-state index contributed by atoms with van der Waals surface area (Å²) in [6.07, 6.45) is -0.839. The molecule has 0 spiro atoms. The Morgan fingerprint density at radius 2 is 1.84 bits per heavy atom. The number of esters is 1. The highest BCUT2D eigenvalue weighted by Crippen LogP contribution is 2.19. The lowest BCUT2D eigenvalue weighted by Crippen LogP contribution is -2.30. The van der Waals surface area contributed by atoms with Gasteiger partial charge < -0.3 is 14.8 Å². The molecule has 1 unspecified atom stereocenters. The van der Waals surface area contributed by atoms with E-state index < -0.39 is 12.1 Å². The Bertz CT molecular complexity index is 770. The van der Waals surface area contributed by atoms with Gasteiger partial charge >= 0.3 is 5.97 Å². The lowest BCUT2D eigenvalue weighted by Gasteiger charge is -2.15. The molecule has 132 valence electrons. The number of para-hydroxylation sites is 1. The molecule has 1 N–H and O–H groups in total. The molecule has 2 rings (SSSR count). The van der Waals surface area contributed by atoms with Gasteiger partial charge in [0.1, 0.15) is 5.75 Å². The fourth-order valence-electron chi connectivity index (χ4n) is 2.49. The summed E-state index contributed by atoms with van der Waals surface area (Å²) < 4.78 is 10.5. The number of ether oxygens (including phenoxy) is 2. The molecule has 0 aromatic heterocycles. The highest BCUT2D eigenvalue weighted by molar-refractivity contribution is 5.95. The van der Waals surface area contributed by atoms with Crippen LogP contribution in [0.25, 0.3) is 0 Å². The normalized spacial score (nSPS) is 11.5. The topological polar surface area (TPSA) is 64.6 Å². The van der Waals surface area contributed by atoms with Crippen LogP contribution in [-0.2, 0) is 20.7 Å². The summed E-state index contributed by atoms with van der Waals surface area (Å²) in [6, 6.07) is 13.0. The van der Waals surface area contributed by atoms with Crippen molar-refractivity contribution in [2.45, 2.75) is 33.3 Å². The molecule has 1 amide bonds. The first kappa shape index (κ1) is 18.5. The summed E-state index contributed by atoms with van der Waals surface area (Å²) in [5.74, 6) is -0.222. The van der Waals surface area contributed by atoms with E-state index in [-0.39, 0.29) is 12.3 Å². The number of anilines is 1. The molecule has 5 nitrogen and oxygen atoms in total. The van der Waals surface area contributed by atoms with Gasteiger partial charge in [0.2, 0.25) is 0 Å². The summed E-state index contributed by atoms with van der Waals surface area (Å²) in [7, 11) is 1.55. The van der Waals surface area contributed by atoms with E-state index >= 15 is 0 Å². The fraction of sp³-hybridized carbons (Fsp3) is 0.300. The van der Waals surface area contributed by atoms with Crippen molar-refractivity contribution in [3.63, 3.8) is 0 Å². The minimum Gasteiger partial charge on any atom is -0.496 e. The minimum atomic E-state index is -0.886. The number of carbonyl (C=O) groups is 2. The van der Waals surface area contributed by atoms with Crippen LogP contribution in [0.2, 0.25) is 0 Å². The number of hydrogen-bond acceptors (Lipinski definition) is 4. The molecule has 0 saturated heterocycles. The lowest BCUT2D eigenvalue weighted by molar-refractivity contribution is -0.152. The molecule has 0 aliphatic heterocycles. The molecule has 25 heavy (non-hydrogen) atoms. The third-order valence-corrected chi connectivity index (χ3v) is 3.84. The number of benzene rings is 2. The van der Waals surface area contributed by atoms with Crippen LogP contribution in [0.3, 0.4) is 0 Å². The van der Waals surface area contributed by atoms with Gasteiger partial charge in [-0.2, -0.15) is 0 Å². The zero-order chi connectivity index (χ0) is 18.4. The van der Waals surface area contributed by atoms with Gasteiger partial charge in [-0.15, -0.1) is 0 Å². The van der Waals surface area contributed by atoms with Crippen molar-refractivity contribution in [3.8, 4) is 5.75 Å². The number of nitrogens with one attached hydrogen (secondary N) is 1. The summed E-state index contributed by atoms with van der Waals surface area (Å²) in [5, 5.41) is 2.79. The summed E-state index contributed by atoms with van der Waals surface area (Å²) in [4.78, 5) is 24.3. The zero-order valence-electron chi connectivity index (χ0n) is 15.0. The van der Waals surface area contributed by atoms with Gasteiger partial charge in [-0.3, -0.25) is 9.59 Å². The predicted molar refractivity (Wildman–Crippen MR) is 96.8 cm³/mol. The van der Waals surface area contributed by atoms with Gasteiger partial charge in [0.15, 0.2) is 6.10 Å². The van der Waals surface area contributed by atoms with E-state index in [9.17, 15) is 9.59 Å². The number of hydrogen-bond donors (Lipinski definition) is 1. The maximum absolute atomic E-state index is 12.2. The van der Waals surface area contributed by atoms with E-state index in [1.807, 2.05) is 44.2 Å². The van der Waals surface area contributed by atoms with Crippen molar-refractivity contribution in [2.24, 2.45) is 0 Å². The zero-order valence-corrected chi connectivity index (χ0v) is 15.0. The Kier molecular flexibility index (Phi) is 6.17. The van der Waals surface area contributed by atoms with Crippen LogP contribution in [0.5, 0.6) is 5.75 Å². The molecule has 0 heterocycles. The van der Waals surface area contributed by atoms with Crippen molar-refractivity contribution in [3.05, 3.63) is 59.2 Å². The third kappa shape index (κ3) is 5.08. The van der Waals surface area contributed by atoms with E-state index in [4.69, 9.17) is 9.47 Å². The molecule has 0 radical (unpaired) electrons. The van der Waals surface area contributed by atoms with Crippen LogP contribution in [0.15, 0.2) is 42.5 Å². The van der Waals surface area contributed by atoms with Crippen LogP contribution in [-0.4, -0.2) is 25.1 Å². The van der Waals surface area contributed by atoms with Crippen molar-refractivity contribution < 1.29 is 19.1 Å². The molecular formula is C20H23NO4. The quantitative estimate of drug-likeness (QED) is 0.818. The van der Waals surface area contributed by atoms with Gasteiger partial charge in [-0.05, 0) is 38.5 Å². The predicted octanol–water partition coefficient (Wildman–Crippen LogP) is 3.42. The first-order chi connectivity index (χ1) is 11.9. The van der Waals surface area contributed by atoms with Gasteiger partial charge in [-0.1, -0.05) is 35.9 Å². The Morgan fingerprint density at radius 3 is 2.52 bits per heavy atom. The molecule has 0 fully saturated rings. The maximum Gasteiger partial charge on any atom is 0.311 e. The fourth-order valence-corrected chi connectivity index (χ4v) is 2.49. The van der Waals surface area contributed by atoms with E-state index in [1.54, 1.807) is 26.2 Å². The standard InChI is InChI=1S/C20H23NO4/c1-13-9-10-17(14(2)11-13)21-20(23)15(3)25-19(22)12-16-7-5-6-8-18(16)24-4/h5-11,15H,12H2,1-4H3,(H,21,23). The van der Waals surface area contributed by atoms with Crippen LogP contribution < -0.4 is 10.1 Å². The van der Waals surface area contributed by atoms with Crippen molar-refractivity contribution in [1.82, 2.24) is 0 Å². The second kappa shape index (κ2) is 8.33. The minimum absolute atomic E-state index is 0.0468. The number of rotatable bonds is 6. The highest BCUT2D eigenvalue weighted by atomic mass is 16.5. The Balaban J connectivity index is 1.95. The Hall–Kier alpha value is -2.82. The van der Waals surface area contributed by atoms with Crippen LogP contribution in [0.4, 0.5) is 5.69 Å². The molecular weight excluding hydrogens is 318 g/mol. The second-order valence-electron chi connectivity index (χ2n) is 5.93. The summed E-state index contributed by atoms with van der Waals surface area (Å²) >= 11 is 0. The lowest BCUT2D eigenvalue weighted by atomic mass is 10.1. The SMILES string of the molecule is COc1ccccc1CC(=O)OC(C)C(=O)Nc1ccc(C)cc1C. The number of aryl methyl sites for hydroxylation is 2. The molecule has 2 aromatic carbocycles. The van der Waals surface area contributed by atoms with E-state index in [1.165, 1.54) is 0 Å². The molecule has 1 atom stereocenters. The van der Waals surface area contributed by atoms with Crippen LogP contribution in [0.1, 0.15) is 23.6 Å². The first-order valence-electron chi connectivity index (χ1n) is 8.10. The van der Waals surface area contributed by atoms with Crippen LogP contribution >= 0.6 is 0 Å². The molecule has 0 aliphatic rings. The smallest absolute Gasteiger partial charge is 0.311 e. The van der Waals surface area contributed by atoms with E-state index in [0.717, 1.165) is 16.7 Å². The van der Waals surface area contributed by atoms with Crippen LogP contribution in [0, 0.1) is 13.8 Å². The number of carbonyl (C=O) groups excluding carboxylic acids is 2. The second-order valence-corrected chi connectivity index (χ2v) is 5.93. The van der Waals surface area contributed by atoms with E-state index in [2.05, 4.69) is 5.32 Å². The molecule has 0 saturated carbocycles. The Labute approximate surface area is 148 Å². The summed E-state index contributed by atoms with van der Waals surface area (Å²) in [6.45, 7) is 5.46. The molecule has 0 bridgehead atoms. The van der Waals surface area contributed by atoms with Crippen molar-refractivity contribution >= 4 is 17.6 Å². The largest absolute Gasteiger partial charge is 0.496 e. The molecule has 5 heteroatoms. The van der Waals surface area contributed by atoms with Gasteiger partial charge in [-0.25, -0.2) is 0 Å². The maximum atomic E-state index is 12.2. The number of methoxy groups -OCH3 is 1.